The fourth-order valence-corrected chi connectivity index (χ4v) is 1.96. The number of methoxy groups -OCH3 is 1. The number of hydrogen-bond acceptors (Lipinski definition) is 3. The SMILES string of the molecule is COC1OC(CO)[C@H](C)C(C)C1C.[Ac]. The second kappa shape index (κ2) is 6.81. The van der Waals surface area contributed by atoms with E-state index in [0.29, 0.717) is 17.8 Å². The van der Waals surface area contributed by atoms with Gasteiger partial charge in [0.05, 0.1) is 12.7 Å². The first-order valence-electron chi connectivity index (χ1n) is 4.91. The van der Waals surface area contributed by atoms with Crippen LogP contribution in [0.1, 0.15) is 20.8 Å². The molecule has 1 rings (SSSR count). The molecule has 1 fully saturated rings. The monoisotopic (exact) mass is 415 g/mol. The van der Waals surface area contributed by atoms with Crippen LogP contribution in [0.5, 0.6) is 0 Å². The first-order valence-corrected chi connectivity index (χ1v) is 4.91. The van der Waals surface area contributed by atoms with E-state index in [1.54, 1.807) is 7.11 Å². The summed E-state index contributed by atoms with van der Waals surface area (Å²) in [5.41, 5.74) is 0. The van der Waals surface area contributed by atoms with Gasteiger partial charge in [-0.1, -0.05) is 20.8 Å². The summed E-state index contributed by atoms with van der Waals surface area (Å²) in [6.07, 6.45) is -0.237. The average molecular weight is 415 g/mol. The van der Waals surface area contributed by atoms with E-state index in [9.17, 15) is 0 Å². The minimum absolute atomic E-state index is 0. The summed E-state index contributed by atoms with van der Waals surface area (Å²) in [4.78, 5) is 0. The van der Waals surface area contributed by atoms with Crippen molar-refractivity contribution in [2.24, 2.45) is 17.8 Å². The molecule has 1 aliphatic heterocycles. The van der Waals surface area contributed by atoms with Gasteiger partial charge in [-0.15, -0.1) is 0 Å². The van der Waals surface area contributed by atoms with Crippen LogP contribution in [-0.4, -0.2) is 31.2 Å². The van der Waals surface area contributed by atoms with Crippen molar-refractivity contribution in [2.75, 3.05) is 13.7 Å². The molecular weight excluding hydrogens is 395 g/mol. The normalized spacial score (nSPS) is 43.1. The van der Waals surface area contributed by atoms with Crippen molar-refractivity contribution in [3.05, 3.63) is 0 Å². The average Bonchev–Trinajstić information content (AvgIpc) is 2.15. The molecule has 0 bridgehead atoms. The van der Waals surface area contributed by atoms with Crippen molar-refractivity contribution in [3.63, 3.8) is 0 Å². The van der Waals surface area contributed by atoms with Gasteiger partial charge in [0.1, 0.15) is 0 Å². The standard InChI is InChI=1S/C10H20O3.Ac/c1-6-7(2)9(5-11)13-10(12-4)8(6)3;/h6-11H,5H2,1-4H3;/t6?,7-,8?,9?,10?;/m1./s1. The minimum atomic E-state index is -0.164. The van der Waals surface area contributed by atoms with Crippen LogP contribution in [0.2, 0.25) is 0 Å². The second-order valence-electron chi connectivity index (χ2n) is 4.04. The maximum atomic E-state index is 9.10. The number of aliphatic hydroxyl groups is 1. The van der Waals surface area contributed by atoms with Crippen LogP contribution in [0.15, 0.2) is 0 Å². The third-order valence-corrected chi connectivity index (χ3v) is 3.40. The Balaban J connectivity index is 0.00000169. The first kappa shape index (κ1) is 15.3. The zero-order valence-corrected chi connectivity index (χ0v) is 14.2. The molecule has 0 saturated carbocycles. The molecule has 0 aromatic carbocycles. The molecule has 5 atom stereocenters. The molecule has 1 saturated heterocycles. The Bertz CT molecular complexity index is 145. The van der Waals surface area contributed by atoms with Crippen molar-refractivity contribution in [2.45, 2.75) is 33.2 Å². The molecule has 1 aliphatic rings. The molecule has 0 aliphatic carbocycles. The topological polar surface area (TPSA) is 38.7 Å². The molecule has 0 spiro atoms. The van der Waals surface area contributed by atoms with Gasteiger partial charge in [0, 0.05) is 57.1 Å². The van der Waals surface area contributed by atoms with Gasteiger partial charge in [-0.25, -0.2) is 0 Å². The van der Waals surface area contributed by atoms with Crippen LogP contribution in [0.3, 0.4) is 0 Å². The number of hydrogen-bond donors (Lipinski definition) is 1. The number of aliphatic hydroxyl groups excluding tert-OH is 1. The molecule has 4 heteroatoms. The molecule has 3 nitrogen and oxygen atoms in total. The van der Waals surface area contributed by atoms with Crippen LogP contribution < -0.4 is 0 Å². The van der Waals surface area contributed by atoms with Gasteiger partial charge in [0.25, 0.3) is 0 Å². The van der Waals surface area contributed by atoms with Crippen LogP contribution in [-0.2, 0) is 9.47 Å². The zero-order chi connectivity index (χ0) is 10.0. The fraction of sp³-hybridized carbons (Fsp3) is 1.00. The summed E-state index contributed by atoms with van der Waals surface area (Å²) < 4.78 is 10.8. The Morgan fingerprint density at radius 2 is 1.71 bits per heavy atom. The molecule has 1 heterocycles. The van der Waals surface area contributed by atoms with Gasteiger partial charge < -0.3 is 14.6 Å². The fourth-order valence-electron chi connectivity index (χ4n) is 1.96. The van der Waals surface area contributed by atoms with Crippen molar-refractivity contribution in [1.29, 1.82) is 0 Å². The van der Waals surface area contributed by atoms with Gasteiger partial charge in [-0.2, -0.15) is 0 Å². The summed E-state index contributed by atoms with van der Waals surface area (Å²) in [5, 5.41) is 9.10. The van der Waals surface area contributed by atoms with Gasteiger partial charge in [-0.3, -0.25) is 0 Å². The summed E-state index contributed by atoms with van der Waals surface area (Å²) in [7, 11) is 1.65. The second-order valence-corrected chi connectivity index (χ2v) is 4.04. The Kier molecular flexibility index (Phi) is 7.45. The smallest absolute Gasteiger partial charge is 0.160 e. The molecule has 1 N–H and O–H groups in total. The summed E-state index contributed by atoms with van der Waals surface area (Å²) >= 11 is 0. The number of ether oxygens (including phenoxy) is 2. The van der Waals surface area contributed by atoms with E-state index in [0.717, 1.165) is 0 Å². The molecule has 0 aromatic rings. The first-order chi connectivity index (χ1) is 6.11. The van der Waals surface area contributed by atoms with Gasteiger partial charge >= 0.3 is 0 Å². The molecule has 0 amide bonds. The number of rotatable bonds is 2. The van der Waals surface area contributed by atoms with Crippen LogP contribution in [0.25, 0.3) is 0 Å². The third-order valence-electron chi connectivity index (χ3n) is 3.40. The van der Waals surface area contributed by atoms with E-state index < -0.39 is 0 Å². The van der Waals surface area contributed by atoms with Crippen LogP contribution in [0, 0.1) is 61.8 Å². The van der Waals surface area contributed by atoms with Gasteiger partial charge in [0.2, 0.25) is 0 Å². The van der Waals surface area contributed by atoms with E-state index in [4.69, 9.17) is 14.6 Å². The van der Waals surface area contributed by atoms with E-state index in [1.807, 2.05) is 0 Å². The summed E-state index contributed by atoms with van der Waals surface area (Å²) in [5.74, 6) is 1.31. The van der Waals surface area contributed by atoms with Crippen molar-refractivity contribution in [1.82, 2.24) is 0 Å². The summed E-state index contributed by atoms with van der Waals surface area (Å²) in [6, 6.07) is 0. The molecule has 0 aromatic heterocycles. The van der Waals surface area contributed by atoms with E-state index in [-0.39, 0.29) is 63.1 Å². The minimum Gasteiger partial charge on any atom is -0.394 e. The maximum absolute atomic E-state index is 9.10. The van der Waals surface area contributed by atoms with Crippen molar-refractivity contribution < 1.29 is 58.6 Å². The molecule has 14 heavy (non-hydrogen) atoms. The Morgan fingerprint density at radius 1 is 1.14 bits per heavy atom. The van der Waals surface area contributed by atoms with Gasteiger partial charge in [-0.05, 0) is 11.8 Å². The van der Waals surface area contributed by atoms with Crippen molar-refractivity contribution >= 4 is 0 Å². The van der Waals surface area contributed by atoms with Crippen LogP contribution >= 0.6 is 0 Å². The van der Waals surface area contributed by atoms with E-state index >= 15 is 0 Å². The van der Waals surface area contributed by atoms with E-state index in [1.165, 1.54) is 0 Å². The Hall–Kier alpha value is 1.32. The quantitative estimate of drug-likeness (QED) is 0.739. The predicted octanol–water partition coefficient (Wildman–Crippen LogP) is 1.26. The zero-order valence-electron chi connectivity index (χ0n) is 9.43. The molecule has 4 unspecified atom stereocenters. The predicted molar refractivity (Wildman–Crippen MR) is 50.2 cm³/mol. The Labute approximate surface area is 122 Å². The van der Waals surface area contributed by atoms with Crippen molar-refractivity contribution in [3.8, 4) is 0 Å². The summed E-state index contributed by atoms with van der Waals surface area (Å²) in [6.45, 7) is 6.52. The van der Waals surface area contributed by atoms with E-state index in [2.05, 4.69) is 20.8 Å². The van der Waals surface area contributed by atoms with Crippen LogP contribution in [0.4, 0.5) is 0 Å². The Morgan fingerprint density at radius 3 is 2.14 bits per heavy atom. The third kappa shape index (κ3) is 3.15. The molecule has 81 valence electrons. The molecule has 1 radical (unpaired) electrons. The largest absolute Gasteiger partial charge is 0.394 e. The molecular formula is C10H20AcO3. The van der Waals surface area contributed by atoms with Gasteiger partial charge in [0.15, 0.2) is 6.29 Å². The maximum Gasteiger partial charge on any atom is 0.160 e.